The molecule has 166 valence electrons. The van der Waals surface area contributed by atoms with Gasteiger partial charge in [-0.25, -0.2) is 4.79 Å². The maximum atomic E-state index is 12.4. The van der Waals surface area contributed by atoms with E-state index < -0.39 is 5.97 Å². The molecule has 4 rings (SSSR count). The van der Waals surface area contributed by atoms with Crippen LogP contribution in [-0.2, 0) is 4.79 Å². The van der Waals surface area contributed by atoms with Gasteiger partial charge in [0.25, 0.3) is 0 Å². The SMILES string of the molecule is CC(=O)N1c2ccc(-c3ccc(C(=O)O)cc3)cc2[C@H](CNC2C=CC(Cl)=CC2)C[C@@H]1C. The number of aromatic carboxylic acids is 1. The Hall–Kier alpha value is -2.89. The van der Waals surface area contributed by atoms with E-state index in [0.717, 1.165) is 46.8 Å². The van der Waals surface area contributed by atoms with Crippen molar-refractivity contribution in [1.29, 1.82) is 0 Å². The molecule has 1 unspecified atom stereocenters. The fourth-order valence-corrected chi connectivity index (χ4v) is 4.84. The summed E-state index contributed by atoms with van der Waals surface area (Å²) in [5, 5.41) is 13.6. The quantitative estimate of drug-likeness (QED) is 0.646. The van der Waals surface area contributed by atoms with Crippen molar-refractivity contribution in [2.24, 2.45) is 0 Å². The first-order valence-electron chi connectivity index (χ1n) is 10.9. The van der Waals surface area contributed by atoms with Gasteiger partial charge in [-0.1, -0.05) is 42.0 Å². The molecule has 0 radical (unpaired) electrons. The number of carboxylic acids is 1. The van der Waals surface area contributed by atoms with E-state index >= 15 is 0 Å². The molecule has 0 saturated carbocycles. The van der Waals surface area contributed by atoms with Crippen molar-refractivity contribution < 1.29 is 14.7 Å². The molecule has 0 bridgehead atoms. The highest BCUT2D eigenvalue weighted by Gasteiger charge is 2.32. The molecule has 2 aromatic carbocycles. The predicted molar refractivity (Wildman–Crippen MR) is 128 cm³/mol. The van der Waals surface area contributed by atoms with Crippen molar-refractivity contribution in [1.82, 2.24) is 5.32 Å². The maximum absolute atomic E-state index is 12.4. The third kappa shape index (κ3) is 4.64. The van der Waals surface area contributed by atoms with Crippen LogP contribution in [0, 0.1) is 0 Å². The zero-order valence-electron chi connectivity index (χ0n) is 18.2. The van der Waals surface area contributed by atoms with Crippen LogP contribution in [0.4, 0.5) is 5.69 Å². The van der Waals surface area contributed by atoms with Crippen LogP contribution in [0.3, 0.4) is 0 Å². The lowest BCUT2D eigenvalue weighted by Crippen LogP contribution is -2.44. The monoisotopic (exact) mass is 450 g/mol. The summed E-state index contributed by atoms with van der Waals surface area (Å²) in [6, 6.07) is 13.4. The van der Waals surface area contributed by atoms with Crippen molar-refractivity contribution in [3.63, 3.8) is 0 Å². The summed E-state index contributed by atoms with van der Waals surface area (Å²) in [5.41, 5.74) is 4.32. The lowest BCUT2D eigenvalue weighted by molar-refractivity contribution is -0.117. The molecule has 6 heteroatoms. The molecule has 1 amide bonds. The fourth-order valence-electron chi connectivity index (χ4n) is 4.68. The number of anilines is 1. The molecule has 0 fully saturated rings. The zero-order valence-corrected chi connectivity index (χ0v) is 19.0. The van der Waals surface area contributed by atoms with E-state index in [1.54, 1.807) is 19.1 Å². The molecule has 0 spiro atoms. The third-order valence-corrected chi connectivity index (χ3v) is 6.56. The Morgan fingerprint density at radius 1 is 1.16 bits per heavy atom. The molecule has 1 heterocycles. The largest absolute Gasteiger partial charge is 0.478 e. The van der Waals surface area contributed by atoms with Gasteiger partial charge >= 0.3 is 5.97 Å². The summed E-state index contributed by atoms with van der Waals surface area (Å²) in [6.07, 6.45) is 7.77. The molecule has 1 aliphatic heterocycles. The number of amides is 1. The summed E-state index contributed by atoms with van der Waals surface area (Å²) in [7, 11) is 0. The first kappa shape index (κ1) is 22.3. The Balaban J connectivity index is 1.64. The summed E-state index contributed by atoms with van der Waals surface area (Å²) < 4.78 is 0. The van der Waals surface area contributed by atoms with E-state index in [1.807, 2.05) is 41.3 Å². The number of nitrogens with zero attached hydrogens (tertiary/aromatic N) is 1. The van der Waals surface area contributed by atoms with Gasteiger partial charge < -0.3 is 15.3 Å². The van der Waals surface area contributed by atoms with Crippen LogP contribution in [0.1, 0.15) is 48.5 Å². The number of carboxylic acid groups (broad SMARTS) is 1. The molecule has 5 nitrogen and oxygen atoms in total. The highest BCUT2D eigenvalue weighted by Crippen LogP contribution is 2.40. The number of nitrogens with one attached hydrogen (secondary N) is 1. The van der Waals surface area contributed by atoms with Gasteiger partial charge in [0, 0.05) is 42.2 Å². The van der Waals surface area contributed by atoms with Crippen molar-refractivity contribution in [3.8, 4) is 11.1 Å². The summed E-state index contributed by atoms with van der Waals surface area (Å²) >= 11 is 6.04. The van der Waals surface area contributed by atoms with Gasteiger partial charge in [0.15, 0.2) is 0 Å². The minimum atomic E-state index is -0.938. The standard InChI is InChI=1S/C26H27ClN2O3/c1-16-13-21(15-28-23-10-8-22(27)9-11-23)24-14-20(7-12-25(24)29(16)17(2)30)18-3-5-19(6-4-18)26(31)32/h3-10,12,14,16,21,23,28H,11,13,15H2,1-2H3,(H,31,32)/t16-,21-,23?/m0/s1. The number of hydrogen-bond donors (Lipinski definition) is 2. The maximum Gasteiger partial charge on any atom is 0.335 e. The number of rotatable bonds is 5. The lowest BCUT2D eigenvalue weighted by atomic mass is 9.84. The molecule has 2 N–H and O–H groups in total. The summed E-state index contributed by atoms with van der Waals surface area (Å²) in [5.74, 6) is -0.644. The Bertz CT molecular complexity index is 1090. The molecule has 0 saturated heterocycles. The second-order valence-electron chi connectivity index (χ2n) is 8.53. The molecule has 1 aliphatic carbocycles. The Morgan fingerprint density at radius 3 is 2.50 bits per heavy atom. The number of carbonyl (C=O) groups excluding carboxylic acids is 1. The Morgan fingerprint density at radius 2 is 1.88 bits per heavy atom. The van der Waals surface area contributed by atoms with E-state index in [4.69, 9.17) is 16.7 Å². The lowest BCUT2D eigenvalue weighted by Gasteiger charge is -2.39. The minimum absolute atomic E-state index is 0.0405. The highest BCUT2D eigenvalue weighted by atomic mass is 35.5. The van der Waals surface area contributed by atoms with Crippen LogP contribution in [0.25, 0.3) is 11.1 Å². The van der Waals surface area contributed by atoms with Crippen LogP contribution in [0.2, 0.25) is 0 Å². The molecular formula is C26H27ClN2O3. The first-order chi connectivity index (χ1) is 15.3. The average Bonchev–Trinajstić information content (AvgIpc) is 2.78. The van der Waals surface area contributed by atoms with Gasteiger partial charge in [-0.15, -0.1) is 0 Å². The predicted octanol–water partition coefficient (Wildman–Crippen LogP) is 5.32. The molecule has 2 aromatic rings. The van der Waals surface area contributed by atoms with Crippen LogP contribution in [-0.4, -0.2) is 35.6 Å². The number of halogens is 1. The van der Waals surface area contributed by atoms with Crippen molar-refractivity contribution in [2.45, 2.75) is 44.7 Å². The molecule has 0 aromatic heterocycles. The van der Waals surface area contributed by atoms with E-state index in [2.05, 4.69) is 24.4 Å². The normalized spacial score (nSPS) is 22.3. The number of allylic oxidation sites excluding steroid dienone is 2. The number of fused-ring (bicyclic) bond motifs is 1. The second-order valence-corrected chi connectivity index (χ2v) is 8.96. The first-order valence-corrected chi connectivity index (χ1v) is 11.3. The zero-order chi connectivity index (χ0) is 22.8. The van der Waals surface area contributed by atoms with Gasteiger partial charge in [-0.05, 0) is 66.8 Å². The van der Waals surface area contributed by atoms with Gasteiger partial charge in [0.05, 0.1) is 5.56 Å². The molecule has 3 atom stereocenters. The molecule has 2 aliphatic rings. The van der Waals surface area contributed by atoms with E-state index in [9.17, 15) is 9.59 Å². The van der Waals surface area contributed by atoms with Crippen LogP contribution in [0.15, 0.2) is 65.7 Å². The van der Waals surface area contributed by atoms with E-state index in [0.29, 0.717) is 0 Å². The van der Waals surface area contributed by atoms with Crippen molar-refractivity contribution in [2.75, 3.05) is 11.4 Å². The third-order valence-electron chi connectivity index (χ3n) is 6.28. The highest BCUT2D eigenvalue weighted by molar-refractivity contribution is 6.31. The van der Waals surface area contributed by atoms with Gasteiger partial charge in [-0.2, -0.15) is 0 Å². The Kier molecular flexibility index (Phi) is 6.49. The topological polar surface area (TPSA) is 69.6 Å². The second kappa shape index (κ2) is 9.31. The van der Waals surface area contributed by atoms with Crippen LogP contribution >= 0.6 is 11.6 Å². The Labute approximate surface area is 193 Å². The smallest absolute Gasteiger partial charge is 0.335 e. The summed E-state index contributed by atoms with van der Waals surface area (Å²) in [6.45, 7) is 4.50. The summed E-state index contributed by atoms with van der Waals surface area (Å²) in [4.78, 5) is 25.5. The van der Waals surface area contributed by atoms with Gasteiger partial charge in [-0.3, -0.25) is 4.79 Å². The van der Waals surface area contributed by atoms with Crippen molar-refractivity contribution >= 4 is 29.2 Å². The van der Waals surface area contributed by atoms with Crippen LogP contribution < -0.4 is 10.2 Å². The van der Waals surface area contributed by atoms with E-state index in [1.165, 1.54) is 0 Å². The molecular weight excluding hydrogens is 424 g/mol. The van der Waals surface area contributed by atoms with Crippen molar-refractivity contribution in [3.05, 3.63) is 76.9 Å². The van der Waals surface area contributed by atoms with Gasteiger partial charge in [0.1, 0.15) is 0 Å². The van der Waals surface area contributed by atoms with Gasteiger partial charge in [0.2, 0.25) is 5.91 Å². The fraction of sp³-hybridized carbons (Fsp3) is 0.308. The number of carbonyl (C=O) groups is 2. The van der Waals surface area contributed by atoms with E-state index in [-0.39, 0.29) is 29.5 Å². The van der Waals surface area contributed by atoms with Crippen LogP contribution in [0.5, 0.6) is 0 Å². The number of hydrogen-bond acceptors (Lipinski definition) is 3. The molecule has 32 heavy (non-hydrogen) atoms. The number of benzene rings is 2. The minimum Gasteiger partial charge on any atom is -0.478 e. The average molecular weight is 451 g/mol.